The Labute approximate surface area is 96.0 Å². The first-order chi connectivity index (χ1) is 6.69. The van der Waals surface area contributed by atoms with Gasteiger partial charge in [-0.05, 0) is 32.3 Å². The Hall–Kier alpha value is 0.170. The molecule has 0 spiro atoms. The summed E-state index contributed by atoms with van der Waals surface area (Å²) < 4.78 is 0. The van der Waals surface area contributed by atoms with Crippen molar-refractivity contribution >= 4 is 29.4 Å². The van der Waals surface area contributed by atoms with Crippen molar-refractivity contribution < 1.29 is 4.79 Å². The second-order valence-electron chi connectivity index (χ2n) is 3.12. The normalized spacial score (nSPS) is 14.9. The summed E-state index contributed by atoms with van der Waals surface area (Å²) in [5.41, 5.74) is 0. The summed E-state index contributed by atoms with van der Waals surface area (Å²) in [7, 11) is 0. The average molecular weight is 235 g/mol. The van der Waals surface area contributed by atoms with Gasteiger partial charge in [-0.1, -0.05) is 6.92 Å². The topological polar surface area (TPSA) is 29.1 Å². The fourth-order valence-corrected chi connectivity index (χ4v) is 2.83. The predicted molar refractivity (Wildman–Crippen MR) is 68.2 cm³/mol. The summed E-state index contributed by atoms with van der Waals surface area (Å²) in [6.07, 6.45) is 6.23. The van der Waals surface area contributed by atoms with E-state index >= 15 is 0 Å². The minimum atomic E-state index is 0.118. The highest BCUT2D eigenvalue weighted by atomic mass is 32.2. The lowest BCUT2D eigenvalue weighted by Gasteiger charge is -2.18. The molecule has 84 valence electrons. The number of carbonyl (C=O) groups excluding carboxylic acids is 1. The first-order valence-electron chi connectivity index (χ1n) is 5.02. The van der Waals surface area contributed by atoms with Gasteiger partial charge >= 0.3 is 0 Å². The van der Waals surface area contributed by atoms with Crippen LogP contribution in [-0.2, 0) is 4.79 Å². The van der Waals surface area contributed by atoms with Crippen molar-refractivity contribution in [3.05, 3.63) is 0 Å². The molecule has 4 heteroatoms. The molecule has 1 N–H and O–H groups in total. The molecule has 2 nitrogen and oxygen atoms in total. The first-order valence-corrected chi connectivity index (χ1v) is 7.60. The van der Waals surface area contributed by atoms with Crippen molar-refractivity contribution in [2.75, 3.05) is 19.1 Å². The van der Waals surface area contributed by atoms with E-state index in [1.165, 1.54) is 0 Å². The zero-order valence-corrected chi connectivity index (χ0v) is 11.1. The highest BCUT2D eigenvalue weighted by molar-refractivity contribution is 8.00. The molecule has 1 amide bonds. The largest absolute Gasteiger partial charge is 0.355 e. The highest BCUT2D eigenvalue weighted by Gasteiger charge is 2.20. The van der Waals surface area contributed by atoms with Gasteiger partial charge in [-0.25, -0.2) is 0 Å². The molecule has 2 unspecified atom stereocenters. The van der Waals surface area contributed by atoms with Crippen LogP contribution in [0, 0.1) is 0 Å². The van der Waals surface area contributed by atoms with Gasteiger partial charge in [0.2, 0.25) is 5.91 Å². The quantitative estimate of drug-likeness (QED) is 0.734. The van der Waals surface area contributed by atoms with Crippen molar-refractivity contribution in [2.45, 2.75) is 37.2 Å². The number of hydrogen-bond donors (Lipinski definition) is 1. The predicted octanol–water partition coefficient (Wildman–Crippen LogP) is 2.39. The lowest BCUT2D eigenvalue weighted by molar-refractivity contribution is -0.120. The maximum absolute atomic E-state index is 11.6. The standard InChI is InChI=1S/C10H21NOS2/c1-5-8(13-3)7-9(14-4)10(12)11-6-2/h8-9H,5-7H2,1-4H3,(H,11,12). The molecule has 0 aromatic heterocycles. The van der Waals surface area contributed by atoms with Crippen LogP contribution in [0.1, 0.15) is 26.7 Å². The molecule has 0 fully saturated rings. The van der Waals surface area contributed by atoms with Crippen molar-refractivity contribution in [3.8, 4) is 0 Å². The van der Waals surface area contributed by atoms with Crippen LogP contribution in [0.25, 0.3) is 0 Å². The molecule has 14 heavy (non-hydrogen) atoms. The molecule has 0 bridgehead atoms. The molecule has 0 aromatic rings. The molecule has 0 radical (unpaired) electrons. The molecule has 0 aliphatic heterocycles. The minimum Gasteiger partial charge on any atom is -0.355 e. The van der Waals surface area contributed by atoms with Gasteiger partial charge in [-0.15, -0.1) is 0 Å². The first kappa shape index (κ1) is 14.2. The molecule has 0 aromatic carbocycles. The molecular weight excluding hydrogens is 214 g/mol. The van der Waals surface area contributed by atoms with Gasteiger partial charge in [0.05, 0.1) is 5.25 Å². The summed E-state index contributed by atoms with van der Waals surface area (Å²) >= 11 is 3.51. The van der Waals surface area contributed by atoms with Gasteiger partial charge in [0.25, 0.3) is 0 Å². The van der Waals surface area contributed by atoms with Gasteiger partial charge in [-0.3, -0.25) is 4.79 Å². The van der Waals surface area contributed by atoms with Crippen LogP contribution in [0.5, 0.6) is 0 Å². The van der Waals surface area contributed by atoms with E-state index in [1.54, 1.807) is 11.8 Å². The number of carbonyl (C=O) groups is 1. The van der Waals surface area contributed by atoms with Crippen molar-refractivity contribution in [2.24, 2.45) is 0 Å². The molecular formula is C10H21NOS2. The van der Waals surface area contributed by atoms with E-state index in [-0.39, 0.29) is 11.2 Å². The zero-order chi connectivity index (χ0) is 11.0. The van der Waals surface area contributed by atoms with Gasteiger partial charge in [0, 0.05) is 11.8 Å². The third kappa shape index (κ3) is 5.15. The van der Waals surface area contributed by atoms with E-state index < -0.39 is 0 Å². The third-order valence-electron chi connectivity index (χ3n) is 2.19. The molecule has 0 saturated heterocycles. The molecule has 0 heterocycles. The Morgan fingerprint density at radius 1 is 1.29 bits per heavy atom. The van der Waals surface area contributed by atoms with Crippen LogP contribution >= 0.6 is 23.5 Å². The molecule has 0 aliphatic carbocycles. The lowest BCUT2D eigenvalue weighted by atomic mass is 10.2. The zero-order valence-electron chi connectivity index (χ0n) is 9.50. The summed E-state index contributed by atoms with van der Waals surface area (Å²) in [4.78, 5) is 11.6. The van der Waals surface area contributed by atoms with Gasteiger partial charge in [-0.2, -0.15) is 23.5 Å². The van der Waals surface area contributed by atoms with Crippen LogP contribution in [0.4, 0.5) is 0 Å². The summed E-state index contributed by atoms with van der Waals surface area (Å²) in [6.45, 7) is 4.86. The van der Waals surface area contributed by atoms with Gasteiger partial charge in [0.15, 0.2) is 0 Å². The van der Waals surface area contributed by atoms with Crippen LogP contribution in [-0.4, -0.2) is 35.5 Å². The molecule has 0 rings (SSSR count). The van der Waals surface area contributed by atoms with Crippen molar-refractivity contribution in [1.29, 1.82) is 0 Å². The van der Waals surface area contributed by atoms with E-state index in [2.05, 4.69) is 18.5 Å². The summed E-state index contributed by atoms with van der Waals surface area (Å²) in [6, 6.07) is 0. The Bertz CT molecular complexity index is 160. The SMILES string of the molecule is CCNC(=O)C(CC(CC)SC)SC. The summed E-state index contributed by atoms with van der Waals surface area (Å²) in [5, 5.41) is 3.61. The van der Waals surface area contributed by atoms with E-state index in [0.717, 1.165) is 19.4 Å². The second-order valence-corrected chi connectivity index (χ2v) is 5.30. The van der Waals surface area contributed by atoms with Crippen molar-refractivity contribution in [3.63, 3.8) is 0 Å². The van der Waals surface area contributed by atoms with Crippen LogP contribution < -0.4 is 5.32 Å². The van der Waals surface area contributed by atoms with Crippen LogP contribution in [0.2, 0.25) is 0 Å². The fourth-order valence-electron chi connectivity index (χ4n) is 1.27. The van der Waals surface area contributed by atoms with Gasteiger partial charge < -0.3 is 5.32 Å². The maximum atomic E-state index is 11.6. The van der Waals surface area contributed by atoms with Crippen LogP contribution in [0.15, 0.2) is 0 Å². The summed E-state index contributed by atoms with van der Waals surface area (Å²) in [5.74, 6) is 0.188. The van der Waals surface area contributed by atoms with E-state index in [9.17, 15) is 4.79 Å². The van der Waals surface area contributed by atoms with Gasteiger partial charge in [0.1, 0.15) is 0 Å². The van der Waals surface area contributed by atoms with Crippen LogP contribution in [0.3, 0.4) is 0 Å². The Balaban J connectivity index is 4.05. The lowest BCUT2D eigenvalue weighted by Crippen LogP contribution is -2.34. The Kier molecular flexibility index (Phi) is 8.58. The molecule has 2 atom stereocenters. The number of rotatable bonds is 7. The number of thioether (sulfide) groups is 2. The third-order valence-corrected chi connectivity index (χ3v) is 4.36. The maximum Gasteiger partial charge on any atom is 0.233 e. The van der Waals surface area contributed by atoms with Crippen molar-refractivity contribution in [1.82, 2.24) is 5.32 Å². The van der Waals surface area contributed by atoms with E-state index in [1.807, 2.05) is 24.9 Å². The minimum absolute atomic E-state index is 0.118. The average Bonchev–Trinajstić information content (AvgIpc) is 2.20. The Morgan fingerprint density at radius 3 is 2.29 bits per heavy atom. The number of nitrogens with one attached hydrogen (secondary N) is 1. The molecule has 0 saturated carbocycles. The number of hydrogen-bond acceptors (Lipinski definition) is 3. The monoisotopic (exact) mass is 235 g/mol. The highest BCUT2D eigenvalue weighted by Crippen LogP contribution is 2.22. The number of amides is 1. The fraction of sp³-hybridized carbons (Fsp3) is 0.900. The van der Waals surface area contributed by atoms with E-state index in [0.29, 0.717) is 5.25 Å². The smallest absolute Gasteiger partial charge is 0.233 e. The Morgan fingerprint density at radius 2 is 1.93 bits per heavy atom. The molecule has 0 aliphatic rings. The second kappa shape index (κ2) is 8.48. The van der Waals surface area contributed by atoms with E-state index in [4.69, 9.17) is 0 Å².